The number of rotatable bonds is 4. The number of fused-ring (bicyclic) bond motifs is 1. The fourth-order valence-electron chi connectivity index (χ4n) is 2.90. The molecule has 25 heavy (non-hydrogen) atoms. The largest absolute Gasteiger partial charge is 0.480 e. The van der Waals surface area contributed by atoms with Crippen molar-refractivity contribution in [2.45, 2.75) is 32.5 Å². The molecule has 1 aliphatic heterocycles. The lowest BCUT2D eigenvalue weighted by molar-refractivity contribution is -0.142. The Labute approximate surface area is 149 Å². The van der Waals surface area contributed by atoms with Crippen LogP contribution in [0.3, 0.4) is 0 Å². The first-order valence-electron chi connectivity index (χ1n) is 7.89. The SMILES string of the molecule is CC(=O)NCc1ccc(C(=O)N2Cc3ccccc3C[C@@H]2C(=O)O)s1. The van der Waals surface area contributed by atoms with E-state index >= 15 is 0 Å². The summed E-state index contributed by atoms with van der Waals surface area (Å²) in [5, 5.41) is 12.2. The molecule has 7 heteroatoms. The zero-order chi connectivity index (χ0) is 18.0. The van der Waals surface area contributed by atoms with Gasteiger partial charge >= 0.3 is 5.97 Å². The Kier molecular flexibility index (Phi) is 4.85. The summed E-state index contributed by atoms with van der Waals surface area (Å²) in [5.41, 5.74) is 1.94. The van der Waals surface area contributed by atoms with Crippen LogP contribution >= 0.6 is 11.3 Å². The van der Waals surface area contributed by atoms with Crippen LogP contribution in [0.25, 0.3) is 0 Å². The topological polar surface area (TPSA) is 86.7 Å². The van der Waals surface area contributed by atoms with E-state index in [-0.39, 0.29) is 18.4 Å². The maximum atomic E-state index is 12.9. The number of benzene rings is 1. The van der Waals surface area contributed by atoms with Gasteiger partial charge in [-0.1, -0.05) is 24.3 Å². The van der Waals surface area contributed by atoms with E-state index in [4.69, 9.17) is 0 Å². The monoisotopic (exact) mass is 358 g/mol. The van der Waals surface area contributed by atoms with Crippen molar-refractivity contribution in [2.24, 2.45) is 0 Å². The van der Waals surface area contributed by atoms with Gasteiger partial charge in [0.1, 0.15) is 6.04 Å². The molecule has 1 aliphatic rings. The van der Waals surface area contributed by atoms with Crippen molar-refractivity contribution in [2.75, 3.05) is 0 Å². The summed E-state index contributed by atoms with van der Waals surface area (Å²) in [4.78, 5) is 38.3. The van der Waals surface area contributed by atoms with Gasteiger partial charge in [-0.05, 0) is 23.3 Å². The fourth-order valence-corrected chi connectivity index (χ4v) is 3.80. The van der Waals surface area contributed by atoms with E-state index in [1.54, 1.807) is 12.1 Å². The van der Waals surface area contributed by atoms with E-state index in [1.807, 2.05) is 24.3 Å². The number of carbonyl (C=O) groups excluding carboxylic acids is 2. The molecule has 6 nitrogen and oxygen atoms in total. The molecule has 1 atom stereocenters. The van der Waals surface area contributed by atoms with Crippen LogP contribution in [-0.4, -0.2) is 33.8 Å². The summed E-state index contributed by atoms with van der Waals surface area (Å²) >= 11 is 1.27. The number of carboxylic acid groups (broad SMARTS) is 1. The molecule has 0 saturated carbocycles. The second kappa shape index (κ2) is 7.06. The molecule has 0 fully saturated rings. The smallest absolute Gasteiger partial charge is 0.326 e. The Bertz CT molecular complexity index is 830. The summed E-state index contributed by atoms with van der Waals surface area (Å²) in [6.45, 7) is 2.08. The zero-order valence-corrected chi connectivity index (χ0v) is 14.5. The third-order valence-corrected chi connectivity index (χ3v) is 5.25. The van der Waals surface area contributed by atoms with Gasteiger partial charge in [0.05, 0.1) is 11.4 Å². The first-order valence-corrected chi connectivity index (χ1v) is 8.71. The molecule has 0 bridgehead atoms. The number of nitrogens with one attached hydrogen (secondary N) is 1. The first-order chi connectivity index (χ1) is 12.0. The molecule has 3 rings (SSSR count). The van der Waals surface area contributed by atoms with Gasteiger partial charge in [-0.25, -0.2) is 4.79 Å². The molecule has 130 valence electrons. The van der Waals surface area contributed by atoms with Crippen LogP contribution in [0.1, 0.15) is 32.6 Å². The standard InChI is InChI=1S/C18H18N2O4S/c1-11(21)19-9-14-6-7-16(25-14)17(22)20-10-13-5-3-2-4-12(13)8-15(20)18(23)24/h2-7,15H,8-10H2,1H3,(H,19,21)(H,23,24)/t15-/m1/s1. The average molecular weight is 358 g/mol. The molecular weight excluding hydrogens is 340 g/mol. The van der Waals surface area contributed by atoms with Crippen molar-refractivity contribution in [3.63, 3.8) is 0 Å². The van der Waals surface area contributed by atoms with Crippen LogP contribution in [0, 0.1) is 0 Å². The molecule has 0 spiro atoms. The molecule has 2 amide bonds. The molecule has 2 N–H and O–H groups in total. The number of amides is 2. The van der Waals surface area contributed by atoms with E-state index in [2.05, 4.69) is 5.32 Å². The Morgan fingerprint density at radius 1 is 1.20 bits per heavy atom. The maximum Gasteiger partial charge on any atom is 0.326 e. The number of hydrogen-bond acceptors (Lipinski definition) is 4. The second-order valence-electron chi connectivity index (χ2n) is 5.94. The number of nitrogens with zero attached hydrogens (tertiary/aromatic N) is 1. The lowest BCUT2D eigenvalue weighted by Gasteiger charge is -2.34. The van der Waals surface area contributed by atoms with Gasteiger partial charge < -0.3 is 15.3 Å². The quantitative estimate of drug-likeness (QED) is 0.876. The van der Waals surface area contributed by atoms with E-state index in [0.29, 0.717) is 17.8 Å². The second-order valence-corrected chi connectivity index (χ2v) is 7.10. The predicted octanol–water partition coefficient (Wildman–Crippen LogP) is 2.04. The van der Waals surface area contributed by atoms with Gasteiger partial charge in [0.25, 0.3) is 5.91 Å². The van der Waals surface area contributed by atoms with Crippen LogP contribution in [0.4, 0.5) is 0 Å². The fraction of sp³-hybridized carbons (Fsp3) is 0.278. The Balaban J connectivity index is 1.82. The van der Waals surface area contributed by atoms with Gasteiger partial charge in [0.15, 0.2) is 0 Å². The molecule has 0 unspecified atom stereocenters. The highest BCUT2D eigenvalue weighted by molar-refractivity contribution is 7.14. The number of hydrogen-bond donors (Lipinski definition) is 2. The molecular formula is C18H18N2O4S. The number of aliphatic carboxylic acids is 1. The number of carbonyl (C=O) groups is 3. The average Bonchev–Trinajstić information content (AvgIpc) is 3.07. The van der Waals surface area contributed by atoms with E-state index < -0.39 is 12.0 Å². The lowest BCUT2D eigenvalue weighted by Crippen LogP contribution is -2.48. The first kappa shape index (κ1) is 17.2. The molecule has 1 aromatic carbocycles. The van der Waals surface area contributed by atoms with Crippen LogP contribution in [0.5, 0.6) is 0 Å². The molecule has 0 saturated heterocycles. The highest BCUT2D eigenvalue weighted by Gasteiger charge is 2.35. The Hall–Kier alpha value is -2.67. The summed E-state index contributed by atoms with van der Waals surface area (Å²) in [6, 6.07) is 10.2. The minimum absolute atomic E-state index is 0.139. The maximum absolute atomic E-state index is 12.9. The van der Waals surface area contributed by atoms with Crippen molar-refractivity contribution in [3.05, 3.63) is 57.3 Å². The highest BCUT2D eigenvalue weighted by Crippen LogP contribution is 2.27. The van der Waals surface area contributed by atoms with Crippen molar-refractivity contribution >= 4 is 29.1 Å². The van der Waals surface area contributed by atoms with Crippen molar-refractivity contribution in [3.8, 4) is 0 Å². The molecule has 1 aromatic heterocycles. The minimum atomic E-state index is -1.00. The van der Waals surface area contributed by atoms with Gasteiger partial charge in [0.2, 0.25) is 5.91 Å². The van der Waals surface area contributed by atoms with E-state index in [0.717, 1.165) is 16.0 Å². The predicted molar refractivity (Wildman–Crippen MR) is 93.3 cm³/mol. The number of thiophene rings is 1. The molecule has 2 aromatic rings. The van der Waals surface area contributed by atoms with Crippen LogP contribution in [0.15, 0.2) is 36.4 Å². The molecule has 0 aliphatic carbocycles. The van der Waals surface area contributed by atoms with Gasteiger partial charge in [-0.15, -0.1) is 11.3 Å². The van der Waals surface area contributed by atoms with E-state index in [9.17, 15) is 19.5 Å². The molecule has 2 heterocycles. The lowest BCUT2D eigenvalue weighted by atomic mass is 9.94. The van der Waals surface area contributed by atoms with Crippen LogP contribution in [0.2, 0.25) is 0 Å². The van der Waals surface area contributed by atoms with Crippen molar-refractivity contribution in [1.29, 1.82) is 0 Å². The van der Waals surface area contributed by atoms with Crippen LogP contribution in [-0.2, 0) is 29.1 Å². The molecule has 0 radical (unpaired) electrons. The normalized spacial score (nSPS) is 16.2. The Morgan fingerprint density at radius 2 is 1.92 bits per heavy atom. The van der Waals surface area contributed by atoms with Gasteiger partial charge in [0, 0.05) is 24.8 Å². The summed E-state index contributed by atoms with van der Waals surface area (Å²) in [7, 11) is 0. The summed E-state index contributed by atoms with van der Waals surface area (Å²) in [5.74, 6) is -1.43. The Morgan fingerprint density at radius 3 is 2.60 bits per heavy atom. The highest BCUT2D eigenvalue weighted by atomic mass is 32.1. The van der Waals surface area contributed by atoms with Crippen LogP contribution < -0.4 is 5.32 Å². The van der Waals surface area contributed by atoms with Crippen molar-refractivity contribution < 1.29 is 19.5 Å². The zero-order valence-electron chi connectivity index (χ0n) is 13.7. The third-order valence-electron chi connectivity index (χ3n) is 4.18. The van der Waals surface area contributed by atoms with Crippen molar-refractivity contribution in [1.82, 2.24) is 10.2 Å². The third kappa shape index (κ3) is 3.71. The number of carboxylic acids is 1. The van der Waals surface area contributed by atoms with Gasteiger partial charge in [-0.3, -0.25) is 9.59 Å². The minimum Gasteiger partial charge on any atom is -0.480 e. The van der Waals surface area contributed by atoms with E-state index in [1.165, 1.54) is 23.2 Å². The summed E-state index contributed by atoms with van der Waals surface area (Å²) in [6.07, 6.45) is 0.307. The summed E-state index contributed by atoms with van der Waals surface area (Å²) < 4.78 is 0. The van der Waals surface area contributed by atoms with Gasteiger partial charge in [-0.2, -0.15) is 0 Å².